The molecule has 4 heteroatoms. The fraction of sp³-hybridized carbons (Fsp3) is 0.733. The van der Waals surface area contributed by atoms with Crippen LogP contribution in [0.3, 0.4) is 0 Å². The van der Waals surface area contributed by atoms with Crippen LogP contribution in [0.4, 0.5) is 0 Å². The Bertz CT molecular complexity index is 482. The van der Waals surface area contributed by atoms with Gasteiger partial charge in [0.15, 0.2) is 5.89 Å². The van der Waals surface area contributed by atoms with E-state index in [1.54, 1.807) is 6.92 Å². The van der Waals surface area contributed by atoms with Crippen molar-refractivity contribution >= 4 is 5.97 Å². The zero-order valence-electron chi connectivity index (χ0n) is 11.8. The molecule has 0 N–H and O–H groups in total. The van der Waals surface area contributed by atoms with E-state index in [2.05, 4.69) is 4.98 Å². The van der Waals surface area contributed by atoms with Crippen molar-refractivity contribution in [3.8, 4) is 0 Å². The average Bonchev–Trinajstić information content (AvgIpc) is 2.81. The number of carbonyl (C=O) groups excluding carboxylic acids is 1. The van der Waals surface area contributed by atoms with Gasteiger partial charge in [-0.15, -0.1) is 0 Å². The highest BCUT2D eigenvalue weighted by Gasteiger charge is 2.56. The Morgan fingerprint density at radius 1 is 1.42 bits per heavy atom. The van der Waals surface area contributed by atoms with Gasteiger partial charge in [-0.2, -0.15) is 0 Å². The van der Waals surface area contributed by atoms with Crippen LogP contribution in [0, 0.1) is 11.8 Å². The van der Waals surface area contributed by atoms with Crippen LogP contribution in [0.5, 0.6) is 0 Å². The van der Waals surface area contributed by atoms with Gasteiger partial charge in [0.1, 0.15) is 0 Å². The number of fused-ring (bicyclic) bond motifs is 1. The average molecular weight is 263 g/mol. The van der Waals surface area contributed by atoms with E-state index in [-0.39, 0.29) is 11.9 Å². The molecule has 0 aromatic carbocycles. The second-order valence-corrected chi connectivity index (χ2v) is 5.93. The summed E-state index contributed by atoms with van der Waals surface area (Å²) < 4.78 is 10.8. The minimum atomic E-state index is -0.379. The Labute approximate surface area is 113 Å². The first-order chi connectivity index (χ1) is 9.13. The third-order valence-corrected chi connectivity index (χ3v) is 4.37. The molecule has 0 amide bonds. The topological polar surface area (TPSA) is 52.3 Å². The lowest BCUT2D eigenvalue weighted by Gasteiger charge is -2.02. The molecule has 19 heavy (non-hydrogen) atoms. The van der Waals surface area contributed by atoms with E-state index in [1.165, 1.54) is 19.3 Å². The van der Waals surface area contributed by atoms with Gasteiger partial charge in [0.05, 0.1) is 12.3 Å². The normalized spacial score (nSPS) is 28.5. The SMILES string of the molecule is CCOC(=O)c1oc(C2C3CCCC32)nc1C(C)C. The first-order valence-electron chi connectivity index (χ1n) is 7.31. The summed E-state index contributed by atoms with van der Waals surface area (Å²) in [5.41, 5.74) is 0.749. The highest BCUT2D eigenvalue weighted by Crippen LogP contribution is 2.63. The fourth-order valence-electron chi connectivity index (χ4n) is 3.41. The highest BCUT2D eigenvalue weighted by atomic mass is 16.5. The van der Waals surface area contributed by atoms with E-state index in [9.17, 15) is 4.79 Å². The molecule has 2 unspecified atom stereocenters. The second-order valence-electron chi connectivity index (χ2n) is 5.93. The van der Waals surface area contributed by atoms with Crippen LogP contribution in [0.25, 0.3) is 0 Å². The quantitative estimate of drug-likeness (QED) is 0.780. The van der Waals surface area contributed by atoms with Crippen LogP contribution in [0.2, 0.25) is 0 Å². The highest BCUT2D eigenvalue weighted by molar-refractivity contribution is 5.87. The van der Waals surface area contributed by atoms with Crippen LogP contribution >= 0.6 is 0 Å². The van der Waals surface area contributed by atoms with Gasteiger partial charge in [0.25, 0.3) is 0 Å². The fourth-order valence-corrected chi connectivity index (χ4v) is 3.41. The molecule has 1 aromatic heterocycles. The molecule has 2 atom stereocenters. The Hall–Kier alpha value is -1.32. The molecule has 4 nitrogen and oxygen atoms in total. The van der Waals surface area contributed by atoms with E-state index in [1.807, 2.05) is 13.8 Å². The van der Waals surface area contributed by atoms with E-state index < -0.39 is 0 Å². The van der Waals surface area contributed by atoms with Crippen molar-refractivity contribution in [2.24, 2.45) is 11.8 Å². The molecule has 0 aliphatic heterocycles. The van der Waals surface area contributed by atoms with Crippen LogP contribution in [-0.4, -0.2) is 17.6 Å². The Morgan fingerprint density at radius 2 is 2.11 bits per heavy atom. The number of ether oxygens (including phenoxy) is 1. The summed E-state index contributed by atoms with van der Waals surface area (Å²) >= 11 is 0. The number of oxazole rings is 1. The summed E-state index contributed by atoms with van der Waals surface area (Å²) in [5.74, 6) is 2.82. The number of hydrogen-bond acceptors (Lipinski definition) is 4. The number of rotatable bonds is 4. The third-order valence-electron chi connectivity index (χ3n) is 4.37. The number of aromatic nitrogens is 1. The van der Waals surface area contributed by atoms with E-state index in [4.69, 9.17) is 9.15 Å². The van der Waals surface area contributed by atoms with Gasteiger partial charge < -0.3 is 9.15 Å². The number of hydrogen-bond donors (Lipinski definition) is 0. The minimum Gasteiger partial charge on any atom is -0.460 e. The maximum absolute atomic E-state index is 11.9. The first-order valence-corrected chi connectivity index (χ1v) is 7.31. The Balaban J connectivity index is 1.87. The van der Waals surface area contributed by atoms with Crippen LogP contribution in [0.15, 0.2) is 4.42 Å². The zero-order valence-corrected chi connectivity index (χ0v) is 11.8. The smallest absolute Gasteiger partial charge is 0.376 e. The predicted octanol–water partition coefficient (Wildman–Crippen LogP) is 3.49. The Morgan fingerprint density at radius 3 is 2.68 bits per heavy atom. The first kappa shape index (κ1) is 12.7. The lowest BCUT2D eigenvalue weighted by Crippen LogP contribution is -2.07. The van der Waals surface area contributed by atoms with Crippen LogP contribution in [0.1, 0.15) is 74.0 Å². The Kier molecular flexibility index (Phi) is 3.11. The second kappa shape index (κ2) is 4.66. The molecule has 2 aliphatic carbocycles. The summed E-state index contributed by atoms with van der Waals surface area (Å²) in [6, 6.07) is 0. The van der Waals surface area contributed by atoms with Crippen LogP contribution in [-0.2, 0) is 4.74 Å². The molecule has 1 heterocycles. The minimum absolute atomic E-state index is 0.176. The molecule has 0 bridgehead atoms. The maximum atomic E-state index is 11.9. The van der Waals surface area contributed by atoms with Gasteiger partial charge in [0, 0.05) is 5.92 Å². The molecular formula is C15H21NO3. The van der Waals surface area contributed by atoms with Gasteiger partial charge in [-0.05, 0) is 37.5 Å². The maximum Gasteiger partial charge on any atom is 0.376 e. The lowest BCUT2D eigenvalue weighted by atomic mass is 10.1. The summed E-state index contributed by atoms with van der Waals surface area (Å²) in [6.45, 7) is 6.22. The van der Waals surface area contributed by atoms with Gasteiger partial charge in [-0.25, -0.2) is 9.78 Å². The van der Waals surface area contributed by atoms with E-state index in [0.717, 1.165) is 23.4 Å². The van der Waals surface area contributed by atoms with Crippen molar-refractivity contribution in [2.45, 2.75) is 51.9 Å². The summed E-state index contributed by atoms with van der Waals surface area (Å²) in [6.07, 6.45) is 3.89. The molecule has 2 saturated carbocycles. The molecule has 0 saturated heterocycles. The van der Waals surface area contributed by atoms with Gasteiger partial charge >= 0.3 is 5.97 Å². The molecule has 104 valence electrons. The molecule has 2 aliphatic rings. The monoisotopic (exact) mass is 263 g/mol. The lowest BCUT2D eigenvalue weighted by molar-refractivity contribution is 0.0485. The largest absolute Gasteiger partial charge is 0.460 e. The van der Waals surface area contributed by atoms with Crippen molar-refractivity contribution < 1.29 is 13.9 Å². The molecule has 3 rings (SSSR count). The van der Waals surface area contributed by atoms with Crippen molar-refractivity contribution in [1.82, 2.24) is 4.98 Å². The van der Waals surface area contributed by atoms with Gasteiger partial charge in [-0.1, -0.05) is 20.3 Å². The number of esters is 1. The third kappa shape index (κ3) is 2.07. The van der Waals surface area contributed by atoms with Crippen molar-refractivity contribution in [1.29, 1.82) is 0 Å². The van der Waals surface area contributed by atoms with E-state index >= 15 is 0 Å². The van der Waals surface area contributed by atoms with Gasteiger partial charge in [-0.3, -0.25) is 0 Å². The molecule has 0 spiro atoms. The molecular weight excluding hydrogens is 242 g/mol. The standard InChI is InChI=1S/C15H21NO3/c1-4-18-15(17)13-12(8(2)3)16-14(19-13)11-9-6-5-7-10(9)11/h8-11H,4-7H2,1-3H3. The summed E-state index contributed by atoms with van der Waals surface area (Å²) in [4.78, 5) is 16.5. The van der Waals surface area contributed by atoms with Gasteiger partial charge in [0.2, 0.25) is 5.76 Å². The number of carbonyl (C=O) groups is 1. The number of nitrogens with zero attached hydrogens (tertiary/aromatic N) is 1. The van der Waals surface area contributed by atoms with E-state index in [0.29, 0.717) is 18.3 Å². The summed E-state index contributed by atoms with van der Waals surface area (Å²) in [7, 11) is 0. The van der Waals surface area contributed by atoms with Crippen LogP contribution < -0.4 is 0 Å². The van der Waals surface area contributed by atoms with Crippen molar-refractivity contribution in [2.75, 3.05) is 6.61 Å². The van der Waals surface area contributed by atoms with Crippen molar-refractivity contribution in [3.63, 3.8) is 0 Å². The molecule has 1 aromatic rings. The van der Waals surface area contributed by atoms with Crippen molar-refractivity contribution in [3.05, 3.63) is 17.3 Å². The summed E-state index contributed by atoms with van der Waals surface area (Å²) in [5, 5.41) is 0. The predicted molar refractivity (Wildman–Crippen MR) is 70.1 cm³/mol. The molecule has 0 radical (unpaired) electrons. The zero-order chi connectivity index (χ0) is 13.6. The molecule has 2 fully saturated rings.